The van der Waals surface area contributed by atoms with E-state index >= 15 is 0 Å². The third kappa shape index (κ3) is 6.51. The lowest BCUT2D eigenvalue weighted by atomic mass is 9.97. The highest BCUT2D eigenvalue weighted by Crippen LogP contribution is 2.45. The minimum atomic E-state index is -5.07. The van der Waals surface area contributed by atoms with Crippen LogP contribution in [0.3, 0.4) is 0 Å². The van der Waals surface area contributed by atoms with Crippen molar-refractivity contribution in [1.29, 1.82) is 0 Å². The summed E-state index contributed by atoms with van der Waals surface area (Å²) < 4.78 is 91.9. The minimum absolute atomic E-state index is 0.0165. The van der Waals surface area contributed by atoms with Crippen molar-refractivity contribution in [3.8, 4) is 0 Å². The van der Waals surface area contributed by atoms with Crippen LogP contribution in [0.4, 0.5) is 26.3 Å². The van der Waals surface area contributed by atoms with Crippen LogP contribution in [-0.2, 0) is 36.7 Å². The Morgan fingerprint density at radius 2 is 1.74 bits per heavy atom. The van der Waals surface area contributed by atoms with E-state index in [1.165, 1.54) is 32.2 Å². The number of halogens is 6. The van der Waals surface area contributed by atoms with Gasteiger partial charge in [0.1, 0.15) is 9.77 Å². The van der Waals surface area contributed by atoms with Crippen LogP contribution in [0.25, 0.3) is 0 Å². The molecule has 3 N–H and O–H groups in total. The number of hydrogen-bond donors (Lipinski definition) is 2. The first kappa shape index (κ1) is 25.8. The number of nitrogens with zero attached hydrogens (tertiary/aromatic N) is 1. The second kappa shape index (κ2) is 9.57. The maximum atomic E-state index is 13.8. The summed E-state index contributed by atoms with van der Waals surface area (Å²) in [6, 6.07) is 3.66. The third-order valence-corrected chi connectivity index (χ3v) is 7.10. The summed E-state index contributed by atoms with van der Waals surface area (Å²) >= 11 is -1.31. The first-order chi connectivity index (χ1) is 14.2. The van der Waals surface area contributed by atoms with E-state index in [2.05, 4.69) is 4.98 Å². The molecular formula is C19H20F6N2O2S2. The van der Waals surface area contributed by atoms with E-state index in [4.69, 9.17) is 5.14 Å². The Morgan fingerprint density at radius 1 is 1.10 bits per heavy atom. The fourth-order valence-corrected chi connectivity index (χ4v) is 4.09. The van der Waals surface area contributed by atoms with E-state index in [0.29, 0.717) is 17.8 Å². The number of aliphatic hydroxyl groups excluding tert-OH is 1. The van der Waals surface area contributed by atoms with Gasteiger partial charge in [0.25, 0.3) is 0 Å². The summed E-state index contributed by atoms with van der Waals surface area (Å²) in [5.41, 5.74) is -2.88. The van der Waals surface area contributed by atoms with Crippen LogP contribution in [0.15, 0.2) is 40.4 Å². The average molecular weight is 487 g/mol. The lowest BCUT2D eigenvalue weighted by Gasteiger charge is -2.25. The highest BCUT2D eigenvalue weighted by atomic mass is 32.2. The summed E-state index contributed by atoms with van der Waals surface area (Å²) in [5.74, 6) is 0. The van der Waals surface area contributed by atoms with Crippen LogP contribution in [0.2, 0.25) is 0 Å². The highest BCUT2D eigenvalue weighted by molar-refractivity contribution is 7.99. The molecule has 0 fully saturated rings. The summed E-state index contributed by atoms with van der Waals surface area (Å²) in [6.45, 7) is 2.51. The molecule has 12 heteroatoms. The van der Waals surface area contributed by atoms with Gasteiger partial charge in [0.05, 0.1) is 17.7 Å². The predicted molar refractivity (Wildman–Crippen MR) is 105 cm³/mol. The molecule has 0 amide bonds. The lowest BCUT2D eigenvalue weighted by molar-refractivity contribution is -0.144. The second-order valence-electron chi connectivity index (χ2n) is 7.29. The summed E-state index contributed by atoms with van der Waals surface area (Å²) in [4.78, 5) is 3.51. The Hall–Kier alpha value is -1.47. The molecule has 1 aromatic carbocycles. The molecule has 0 saturated carbocycles. The van der Waals surface area contributed by atoms with Gasteiger partial charge in [-0.25, -0.2) is 4.98 Å². The van der Waals surface area contributed by atoms with Crippen LogP contribution < -0.4 is 5.14 Å². The van der Waals surface area contributed by atoms with Crippen LogP contribution in [0.1, 0.15) is 42.5 Å². The number of hydrogen-bond acceptors (Lipinski definition) is 5. The average Bonchev–Trinajstić information content (AvgIpc) is 2.65. The molecule has 0 spiro atoms. The van der Waals surface area contributed by atoms with E-state index in [9.17, 15) is 36.0 Å². The van der Waals surface area contributed by atoms with Gasteiger partial charge in [-0.05, 0) is 44.0 Å². The lowest BCUT2D eigenvalue weighted by Crippen LogP contribution is -2.38. The molecule has 0 radical (unpaired) electrons. The summed E-state index contributed by atoms with van der Waals surface area (Å²) in [5, 5.41) is 14.9. The smallest absolute Gasteiger partial charge is 0.417 e. The maximum Gasteiger partial charge on any atom is 0.417 e. The fourth-order valence-electron chi connectivity index (χ4n) is 2.64. The Morgan fingerprint density at radius 3 is 2.26 bits per heavy atom. The molecule has 0 saturated heterocycles. The number of aliphatic hydroxyl groups is 1. The van der Waals surface area contributed by atoms with Crippen molar-refractivity contribution in [1.82, 2.24) is 4.98 Å². The topological polar surface area (TPSA) is 82.2 Å². The zero-order chi connectivity index (χ0) is 23.6. The molecule has 0 aliphatic rings. The minimum Gasteiger partial charge on any atom is -0.598 e. The number of nitrogens with two attached hydrogens (primary N) is 1. The Balaban J connectivity index is 2.68. The molecular weight excluding hydrogens is 466 g/mol. The molecule has 31 heavy (non-hydrogen) atoms. The number of aryl methyl sites for hydroxylation is 1. The van der Waals surface area contributed by atoms with Crippen LogP contribution in [0.5, 0.6) is 0 Å². The van der Waals surface area contributed by atoms with Gasteiger partial charge in [-0.3, -0.25) is 0 Å². The van der Waals surface area contributed by atoms with E-state index in [1.54, 1.807) is 0 Å². The molecule has 2 rings (SSSR count). The van der Waals surface area contributed by atoms with Crippen LogP contribution >= 0.6 is 11.8 Å². The number of alkyl halides is 6. The van der Waals surface area contributed by atoms with E-state index in [1.807, 2.05) is 0 Å². The quantitative estimate of drug-likeness (QED) is 0.421. The SMILES string of the molecule is CC(C)(CCc1cc(C(F)(F)F)cc(C(F)(F)F)c1Sc1ncccc1CO)[S+](N)[O-]. The maximum absolute atomic E-state index is 13.8. The number of rotatable bonds is 7. The van der Waals surface area contributed by atoms with Crippen molar-refractivity contribution in [2.75, 3.05) is 0 Å². The molecule has 4 nitrogen and oxygen atoms in total. The van der Waals surface area contributed by atoms with E-state index < -0.39 is 51.1 Å². The van der Waals surface area contributed by atoms with Gasteiger partial charge in [0.15, 0.2) is 0 Å². The summed E-state index contributed by atoms with van der Waals surface area (Å²) in [7, 11) is 0. The van der Waals surface area contributed by atoms with Crippen molar-refractivity contribution in [2.24, 2.45) is 5.14 Å². The Kier molecular flexibility index (Phi) is 7.96. The molecule has 1 unspecified atom stereocenters. The highest BCUT2D eigenvalue weighted by Gasteiger charge is 2.40. The van der Waals surface area contributed by atoms with Crippen molar-refractivity contribution in [3.05, 3.63) is 52.7 Å². The van der Waals surface area contributed by atoms with Gasteiger partial charge in [0, 0.05) is 34.4 Å². The molecule has 0 bridgehead atoms. The van der Waals surface area contributed by atoms with Gasteiger partial charge < -0.3 is 9.66 Å². The molecule has 1 heterocycles. The Bertz CT molecular complexity index is 917. The molecule has 172 valence electrons. The largest absolute Gasteiger partial charge is 0.598 e. The van der Waals surface area contributed by atoms with Crippen molar-refractivity contribution in [3.63, 3.8) is 0 Å². The normalized spacial score (nSPS) is 14.0. The van der Waals surface area contributed by atoms with Crippen LogP contribution in [0, 0.1) is 0 Å². The molecule has 1 aromatic heterocycles. The molecule has 0 aliphatic heterocycles. The van der Waals surface area contributed by atoms with E-state index in [0.717, 1.165) is 0 Å². The number of benzene rings is 1. The van der Waals surface area contributed by atoms with Crippen molar-refractivity contribution >= 4 is 23.1 Å². The fraction of sp³-hybridized carbons (Fsp3) is 0.421. The summed E-state index contributed by atoms with van der Waals surface area (Å²) in [6.07, 6.45) is -9.01. The van der Waals surface area contributed by atoms with Gasteiger partial charge in [0.2, 0.25) is 0 Å². The van der Waals surface area contributed by atoms with Crippen molar-refractivity contribution in [2.45, 2.75) is 60.3 Å². The van der Waals surface area contributed by atoms with Crippen molar-refractivity contribution < 1.29 is 36.0 Å². The zero-order valence-electron chi connectivity index (χ0n) is 16.5. The van der Waals surface area contributed by atoms with Gasteiger partial charge in [-0.1, -0.05) is 17.8 Å². The first-order valence-electron chi connectivity index (χ1n) is 8.87. The zero-order valence-corrected chi connectivity index (χ0v) is 18.1. The van der Waals surface area contributed by atoms with Gasteiger partial charge >= 0.3 is 12.4 Å². The molecule has 0 aliphatic carbocycles. The van der Waals surface area contributed by atoms with Crippen LogP contribution in [-0.4, -0.2) is 19.4 Å². The molecule has 2 aromatic rings. The number of aromatic nitrogens is 1. The standard InChI is InChI=1S/C19H20F6N2O2S2/c1-17(2,31(26)29)6-5-11-8-13(18(20,21)22)9-14(19(23,24)25)15(11)30-16-12(10-28)4-3-7-27-16/h3-4,7-9,28H,5-6,10,26H2,1-2H3. The van der Waals surface area contributed by atoms with Gasteiger partial charge in [-0.15, -0.1) is 0 Å². The van der Waals surface area contributed by atoms with E-state index in [-0.39, 0.29) is 35.1 Å². The van der Waals surface area contributed by atoms with Gasteiger partial charge in [-0.2, -0.15) is 31.5 Å². The second-order valence-corrected chi connectivity index (χ2v) is 9.99. The Labute approximate surface area is 182 Å². The monoisotopic (exact) mass is 486 g/mol. The molecule has 1 atom stereocenters. The number of pyridine rings is 1. The predicted octanol–water partition coefficient (Wildman–Crippen LogP) is 5.10. The first-order valence-corrected chi connectivity index (χ1v) is 10.9. The third-order valence-electron chi connectivity index (χ3n) is 4.56.